The summed E-state index contributed by atoms with van der Waals surface area (Å²) >= 11 is 6.21. The van der Waals surface area contributed by atoms with Gasteiger partial charge >= 0.3 is 0 Å². The van der Waals surface area contributed by atoms with Gasteiger partial charge in [0.1, 0.15) is 12.6 Å². The van der Waals surface area contributed by atoms with Crippen molar-refractivity contribution in [1.29, 1.82) is 0 Å². The van der Waals surface area contributed by atoms with Gasteiger partial charge in [0, 0.05) is 18.1 Å². The molecule has 1 atom stereocenters. The molecular formula is C24H32ClN3O4S. The minimum absolute atomic E-state index is 0.182. The third-order valence-electron chi connectivity index (χ3n) is 5.33. The second kappa shape index (κ2) is 11.5. The average molecular weight is 494 g/mol. The minimum atomic E-state index is -3.79. The van der Waals surface area contributed by atoms with E-state index in [-0.39, 0.29) is 12.5 Å². The fourth-order valence-corrected chi connectivity index (χ4v) is 4.47. The normalized spacial score (nSPS) is 12.2. The number of aryl methyl sites for hydroxylation is 2. The summed E-state index contributed by atoms with van der Waals surface area (Å²) in [7, 11) is -3.79. The average Bonchev–Trinajstić information content (AvgIpc) is 2.74. The van der Waals surface area contributed by atoms with Gasteiger partial charge in [-0.3, -0.25) is 13.9 Å². The first-order valence-electron chi connectivity index (χ1n) is 10.8. The Kier molecular flexibility index (Phi) is 9.31. The number of amides is 2. The number of carbonyl (C=O) groups is 2. The summed E-state index contributed by atoms with van der Waals surface area (Å²) in [6, 6.07) is 11.8. The summed E-state index contributed by atoms with van der Waals surface area (Å²) in [6.07, 6.45) is 1.43. The molecule has 7 nitrogen and oxygen atoms in total. The summed E-state index contributed by atoms with van der Waals surface area (Å²) in [4.78, 5) is 27.7. The van der Waals surface area contributed by atoms with Crippen molar-refractivity contribution in [1.82, 2.24) is 10.2 Å². The van der Waals surface area contributed by atoms with Gasteiger partial charge in [0.05, 0.1) is 11.9 Å². The van der Waals surface area contributed by atoms with E-state index in [1.165, 1.54) is 11.0 Å². The molecule has 0 aliphatic heterocycles. The Labute approximate surface area is 201 Å². The van der Waals surface area contributed by atoms with Crippen LogP contribution < -0.4 is 9.62 Å². The molecule has 1 unspecified atom stereocenters. The van der Waals surface area contributed by atoms with Gasteiger partial charge in [-0.15, -0.1) is 0 Å². The summed E-state index contributed by atoms with van der Waals surface area (Å²) in [6.45, 7) is 7.57. The van der Waals surface area contributed by atoms with Gasteiger partial charge in [-0.1, -0.05) is 54.4 Å². The number of sulfonamides is 1. The first kappa shape index (κ1) is 26.7. The molecule has 0 fully saturated rings. The highest BCUT2D eigenvalue weighted by molar-refractivity contribution is 7.92. The highest BCUT2D eigenvalue weighted by atomic mass is 35.5. The van der Waals surface area contributed by atoms with Crippen molar-refractivity contribution >= 4 is 39.1 Å². The molecule has 2 amide bonds. The molecule has 0 saturated heterocycles. The standard InChI is InChI=1S/C24H32ClN3O4S/c1-6-22(24(30)26-7-2)27(15-19-11-8-17(3)9-12-19)23(29)16-28(33(5,31)32)20-13-10-18(4)21(25)14-20/h8-14,22H,6-7,15-16H2,1-5H3,(H,26,30). The van der Waals surface area contributed by atoms with Crippen LogP contribution >= 0.6 is 11.6 Å². The van der Waals surface area contributed by atoms with E-state index in [0.717, 1.165) is 27.3 Å². The van der Waals surface area contributed by atoms with E-state index in [1.807, 2.05) is 52.0 Å². The fraction of sp³-hybridized carbons (Fsp3) is 0.417. The molecule has 0 aliphatic rings. The molecule has 2 aromatic carbocycles. The van der Waals surface area contributed by atoms with Crippen molar-refractivity contribution in [2.24, 2.45) is 0 Å². The fourth-order valence-electron chi connectivity index (χ4n) is 3.45. The number of nitrogens with one attached hydrogen (secondary N) is 1. The Morgan fingerprint density at radius 2 is 1.70 bits per heavy atom. The lowest BCUT2D eigenvalue weighted by atomic mass is 10.1. The zero-order chi connectivity index (χ0) is 24.8. The molecule has 0 spiro atoms. The molecule has 2 rings (SSSR count). The maximum Gasteiger partial charge on any atom is 0.244 e. The molecule has 0 aliphatic carbocycles. The van der Waals surface area contributed by atoms with Gasteiger partial charge in [-0.25, -0.2) is 8.42 Å². The van der Waals surface area contributed by atoms with E-state index in [2.05, 4.69) is 5.32 Å². The van der Waals surface area contributed by atoms with Crippen LogP contribution in [0.3, 0.4) is 0 Å². The molecule has 0 radical (unpaired) electrons. The van der Waals surface area contributed by atoms with E-state index in [9.17, 15) is 18.0 Å². The zero-order valence-corrected chi connectivity index (χ0v) is 21.3. The maximum absolute atomic E-state index is 13.5. The van der Waals surface area contributed by atoms with Crippen molar-refractivity contribution in [3.05, 3.63) is 64.2 Å². The van der Waals surface area contributed by atoms with E-state index in [0.29, 0.717) is 23.7 Å². The van der Waals surface area contributed by atoms with Crippen LogP contribution in [0.1, 0.15) is 37.0 Å². The number of rotatable bonds is 10. The van der Waals surface area contributed by atoms with Crippen LogP contribution in [-0.4, -0.2) is 50.5 Å². The summed E-state index contributed by atoms with van der Waals surface area (Å²) in [5, 5.41) is 3.18. The minimum Gasteiger partial charge on any atom is -0.355 e. The molecule has 0 saturated carbocycles. The monoisotopic (exact) mass is 493 g/mol. The molecule has 0 heterocycles. The Morgan fingerprint density at radius 3 is 2.21 bits per heavy atom. The van der Waals surface area contributed by atoms with Crippen LogP contribution in [0.25, 0.3) is 0 Å². The van der Waals surface area contributed by atoms with Gasteiger partial charge in [0.15, 0.2) is 0 Å². The number of halogens is 1. The highest BCUT2D eigenvalue weighted by Gasteiger charge is 2.31. The molecular weight excluding hydrogens is 462 g/mol. The highest BCUT2D eigenvalue weighted by Crippen LogP contribution is 2.25. The lowest BCUT2D eigenvalue weighted by molar-refractivity contribution is -0.140. The van der Waals surface area contributed by atoms with E-state index in [4.69, 9.17) is 11.6 Å². The number of hydrogen-bond donors (Lipinski definition) is 1. The SMILES string of the molecule is CCNC(=O)C(CC)N(Cc1ccc(C)cc1)C(=O)CN(c1ccc(C)c(Cl)c1)S(C)(=O)=O. The van der Waals surface area contributed by atoms with E-state index >= 15 is 0 Å². The Bertz CT molecular complexity index is 1090. The van der Waals surface area contributed by atoms with Crippen LogP contribution in [0.4, 0.5) is 5.69 Å². The van der Waals surface area contributed by atoms with Gasteiger partial charge in [-0.2, -0.15) is 0 Å². The molecule has 1 N–H and O–H groups in total. The van der Waals surface area contributed by atoms with Crippen LogP contribution in [-0.2, 0) is 26.2 Å². The summed E-state index contributed by atoms with van der Waals surface area (Å²) < 4.78 is 26.2. The van der Waals surface area contributed by atoms with Gasteiger partial charge in [0.25, 0.3) is 0 Å². The smallest absolute Gasteiger partial charge is 0.244 e. The summed E-state index contributed by atoms with van der Waals surface area (Å²) in [5.41, 5.74) is 3.01. The number of likely N-dealkylation sites (N-methyl/N-ethyl adjacent to an activating group) is 1. The largest absolute Gasteiger partial charge is 0.355 e. The van der Waals surface area contributed by atoms with Crippen LogP contribution in [0.2, 0.25) is 5.02 Å². The quantitative estimate of drug-likeness (QED) is 0.547. The van der Waals surface area contributed by atoms with Crippen molar-refractivity contribution in [2.75, 3.05) is 23.7 Å². The number of hydrogen-bond acceptors (Lipinski definition) is 4. The van der Waals surface area contributed by atoms with E-state index < -0.39 is 28.5 Å². The maximum atomic E-state index is 13.5. The lowest BCUT2D eigenvalue weighted by Crippen LogP contribution is -2.52. The van der Waals surface area contributed by atoms with Crippen LogP contribution in [0.15, 0.2) is 42.5 Å². The van der Waals surface area contributed by atoms with Gasteiger partial charge in [-0.05, 0) is 50.5 Å². The Hall–Kier alpha value is -2.58. The second-order valence-electron chi connectivity index (χ2n) is 8.03. The lowest BCUT2D eigenvalue weighted by Gasteiger charge is -2.33. The van der Waals surface area contributed by atoms with Crippen molar-refractivity contribution in [3.63, 3.8) is 0 Å². The van der Waals surface area contributed by atoms with Crippen molar-refractivity contribution in [2.45, 2.75) is 46.7 Å². The second-order valence-corrected chi connectivity index (χ2v) is 10.3. The summed E-state index contributed by atoms with van der Waals surface area (Å²) in [5.74, 6) is -0.749. The first-order valence-corrected chi connectivity index (χ1v) is 13.1. The predicted octanol–water partition coefficient (Wildman–Crippen LogP) is 3.67. The number of carbonyl (C=O) groups excluding carboxylic acids is 2. The first-order chi connectivity index (χ1) is 15.5. The Balaban J connectivity index is 2.44. The zero-order valence-electron chi connectivity index (χ0n) is 19.8. The number of benzene rings is 2. The van der Waals surface area contributed by atoms with E-state index in [1.54, 1.807) is 12.1 Å². The van der Waals surface area contributed by atoms with Crippen molar-refractivity contribution in [3.8, 4) is 0 Å². The van der Waals surface area contributed by atoms with Gasteiger partial charge in [0.2, 0.25) is 21.8 Å². The molecule has 2 aromatic rings. The molecule has 0 bridgehead atoms. The Morgan fingerprint density at radius 1 is 1.06 bits per heavy atom. The topological polar surface area (TPSA) is 86.8 Å². The number of anilines is 1. The molecule has 180 valence electrons. The van der Waals surface area contributed by atoms with Crippen molar-refractivity contribution < 1.29 is 18.0 Å². The predicted molar refractivity (Wildman–Crippen MR) is 133 cm³/mol. The van der Waals surface area contributed by atoms with Crippen LogP contribution in [0.5, 0.6) is 0 Å². The molecule has 9 heteroatoms. The third kappa shape index (κ3) is 7.20. The molecule has 33 heavy (non-hydrogen) atoms. The van der Waals surface area contributed by atoms with Gasteiger partial charge < -0.3 is 10.2 Å². The number of nitrogens with zero attached hydrogens (tertiary/aromatic N) is 2. The third-order valence-corrected chi connectivity index (χ3v) is 6.88. The molecule has 0 aromatic heterocycles. The van der Waals surface area contributed by atoms with Crippen LogP contribution in [0, 0.1) is 13.8 Å².